The van der Waals surface area contributed by atoms with Crippen molar-refractivity contribution in [3.63, 3.8) is 0 Å². The molecule has 1 aliphatic rings. The lowest BCUT2D eigenvalue weighted by atomic mass is 10.1. The lowest BCUT2D eigenvalue weighted by Crippen LogP contribution is -2.42. The predicted octanol–water partition coefficient (Wildman–Crippen LogP) is 1.34. The number of likely N-dealkylation sites (tertiary alicyclic amines) is 1. The van der Waals surface area contributed by atoms with Crippen LogP contribution < -0.4 is 5.32 Å². The van der Waals surface area contributed by atoms with Crippen molar-refractivity contribution in [2.24, 2.45) is 0 Å². The van der Waals surface area contributed by atoms with E-state index in [0.717, 1.165) is 6.54 Å². The van der Waals surface area contributed by atoms with E-state index in [1.54, 1.807) is 0 Å². The molecule has 0 saturated carbocycles. The summed E-state index contributed by atoms with van der Waals surface area (Å²) < 4.78 is 5.31. The summed E-state index contributed by atoms with van der Waals surface area (Å²) in [5.74, 6) is 1.30. The Morgan fingerprint density at radius 2 is 2.06 bits per heavy atom. The van der Waals surface area contributed by atoms with Crippen molar-refractivity contribution in [3.05, 3.63) is 11.8 Å². The van der Waals surface area contributed by atoms with Gasteiger partial charge in [0.25, 0.3) is 0 Å². The number of aryl methyl sites for hydroxylation is 1. The molecule has 0 spiro atoms. The molecule has 0 radical (unpaired) electrons. The average molecular weight is 238 g/mol. The van der Waals surface area contributed by atoms with Gasteiger partial charge in [-0.05, 0) is 32.9 Å². The van der Waals surface area contributed by atoms with Gasteiger partial charge in [0.2, 0.25) is 11.8 Å². The topological polar surface area (TPSA) is 54.2 Å². The fourth-order valence-corrected chi connectivity index (χ4v) is 2.29. The van der Waals surface area contributed by atoms with E-state index in [1.165, 1.54) is 32.4 Å². The molecule has 2 rings (SSSR count). The Morgan fingerprint density at radius 3 is 2.71 bits per heavy atom. The van der Waals surface area contributed by atoms with Crippen molar-refractivity contribution in [2.45, 2.75) is 45.7 Å². The van der Waals surface area contributed by atoms with Crippen molar-refractivity contribution in [1.82, 2.24) is 20.4 Å². The zero-order valence-electron chi connectivity index (χ0n) is 10.8. The highest BCUT2D eigenvalue weighted by molar-refractivity contribution is 4.79. The third-order valence-corrected chi connectivity index (χ3v) is 3.30. The standard InChI is InChI=1S/C12H22N4O/c1-10(16-6-4-3-5-7-16)8-13-9-12-15-14-11(2)17-12/h10,13H,3-9H2,1-2H3. The van der Waals surface area contributed by atoms with Crippen molar-refractivity contribution < 1.29 is 4.42 Å². The number of hydrogen-bond donors (Lipinski definition) is 1. The highest BCUT2D eigenvalue weighted by Crippen LogP contribution is 2.11. The van der Waals surface area contributed by atoms with Crippen LogP contribution in [0.4, 0.5) is 0 Å². The summed E-state index contributed by atoms with van der Waals surface area (Å²) in [6, 6.07) is 0.583. The molecule has 0 aliphatic carbocycles. The SMILES string of the molecule is Cc1nnc(CNCC(C)N2CCCCC2)o1. The van der Waals surface area contributed by atoms with Gasteiger partial charge in [0.1, 0.15) is 0 Å². The first-order chi connectivity index (χ1) is 8.25. The summed E-state index contributed by atoms with van der Waals surface area (Å²) >= 11 is 0. The van der Waals surface area contributed by atoms with E-state index >= 15 is 0 Å². The number of nitrogens with one attached hydrogen (secondary N) is 1. The average Bonchev–Trinajstić information content (AvgIpc) is 2.76. The summed E-state index contributed by atoms with van der Waals surface area (Å²) in [4.78, 5) is 2.55. The van der Waals surface area contributed by atoms with Crippen LogP contribution in [0, 0.1) is 6.92 Å². The molecule has 1 saturated heterocycles. The Kier molecular flexibility index (Phi) is 4.50. The summed E-state index contributed by atoms with van der Waals surface area (Å²) in [6.07, 6.45) is 4.07. The van der Waals surface area contributed by atoms with Crippen LogP contribution in [0.2, 0.25) is 0 Å². The molecule has 0 bridgehead atoms. The van der Waals surface area contributed by atoms with Crippen molar-refractivity contribution >= 4 is 0 Å². The van der Waals surface area contributed by atoms with Crippen LogP contribution in [-0.4, -0.2) is 40.8 Å². The van der Waals surface area contributed by atoms with Crippen LogP contribution in [0.1, 0.15) is 38.0 Å². The van der Waals surface area contributed by atoms with Crippen molar-refractivity contribution in [2.75, 3.05) is 19.6 Å². The summed E-state index contributed by atoms with van der Waals surface area (Å²) in [5, 5.41) is 11.1. The van der Waals surface area contributed by atoms with Crippen LogP contribution in [-0.2, 0) is 6.54 Å². The maximum Gasteiger partial charge on any atom is 0.230 e. The maximum atomic E-state index is 5.31. The van der Waals surface area contributed by atoms with Crippen LogP contribution >= 0.6 is 0 Å². The highest BCUT2D eigenvalue weighted by Gasteiger charge is 2.16. The molecule has 1 aromatic rings. The predicted molar refractivity (Wildman–Crippen MR) is 65.6 cm³/mol. The second-order valence-corrected chi connectivity index (χ2v) is 4.79. The second kappa shape index (κ2) is 6.12. The number of rotatable bonds is 5. The molecule has 5 nitrogen and oxygen atoms in total. The molecule has 1 N–H and O–H groups in total. The Labute approximate surface area is 103 Å². The Hall–Kier alpha value is -0.940. The van der Waals surface area contributed by atoms with E-state index in [9.17, 15) is 0 Å². The quantitative estimate of drug-likeness (QED) is 0.839. The molecule has 5 heteroatoms. The van der Waals surface area contributed by atoms with Gasteiger partial charge in [-0.3, -0.25) is 4.90 Å². The molecule has 1 aromatic heterocycles. The van der Waals surface area contributed by atoms with Gasteiger partial charge in [-0.2, -0.15) is 0 Å². The second-order valence-electron chi connectivity index (χ2n) is 4.79. The zero-order valence-corrected chi connectivity index (χ0v) is 10.8. The third-order valence-electron chi connectivity index (χ3n) is 3.30. The molecule has 0 aromatic carbocycles. The van der Waals surface area contributed by atoms with Gasteiger partial charge in [0.05, 0.1) is 6.54 Å². The summed E-state index contributed by atoms with van der Waals surface area (Å²) in [6.45, 7) is 8.20. The lowest BCUT2D eigenvalue weighted by molar-refractivity contribution is 0.170. The third kappa shape index (κ3) is 3.78. The smallest absolute Gasteiger partial charge is 0.230 e. The zero-order chi connectivity index (χ0) is 12.1. The molecule has 1 atom stereocenters. The first-order valence-electron chi connectivity index (χ1n) is 6.49. The molecule has 0 amide bonds. The van der Waals surface area contributed by atoms with Gasteiger partial charge in [0, 0.05) is 19.5 Å². The minimum Gasteiger partial charge on any atom is -0.424 e. The normalized spacial score (nSPS) is 19.4. The van der Waals surface area contributed by atoms with Crippen LogP contribution in [0.25, 0.3) is 0 Å². The molecule has 96 valence electrons. The van der Waals surface area contributed by atoms with Gasteiger partial charge in [-0.25, -0.2) is 0 Å². The van der Waals surface area contributed by atoms with Crippen molar-refractivity contribution in [3.8, 4) is 0 Å². The first-order valence-corrected chi connectivity index (χ1v) is 6.49. The first kappa shape index (κ1) is 12.5. The summed E-state index contributed by atoms with van der Waals surface area (Å²) in [5.41, 5.74) is 0. The van der Waals surface area contributed by atoms with Gasteiger partial charge < -0.3 is 9.73 Å². The fourth-order valence-electron chi connectivity index (χ4n) is 2.29. The van der Waals surface area contributed by atoms with Crippen LogP contribution in [0.3, 0.4) is 0 Å². The number of nitrogens with zero attached hydrogens (tertiary/aromatic N) is 3. The lowest BCUT2D eigenvalue weighted by Gasteiger charge is -2.32. The largest absolute Gasteiger partial charge is 0.424 e. The molecular formula is C12H22N4O. The molecule has 17 heavy (non-hydrogen) atoms. The fraction of sp³-hybridized carbons (Fsp3) is 0.833. The Morgan fingerprint density at radius 1 is 1.29 bits per heavy atom. The van der Waals surface area contributed by atoms with Crippen LogP contribution in [0.15, 0.2) is 4.42 Å². The summed E-state index contributed by atoms with van der Waals surface area (Å²) in [7, 11) is 0. The van der Waals surface area contributed by atoms with Gasteiger partial charge in [-0.1, -0.05) is 6.42 Å². The molecule has 1 fully saturated rings. The van der Waals surface area contributed by atoms with E-state index < -0.39 is 0 Å². The maximum absolute atomic E-state index is 5.31. The number of aromatic nitrogens is 2. The van der Waals surface area contributed by atoms with E-state index in [0.29, 0.717) is 24.4 Å². The van der Waals surface area contributed by atoms with E-state index in [-0.39, 0.29) is 0 Å². The molecule has 2 heterocycles. The van der Waals surface area contributed by atoms with E-state index in [4.69, 9.17) is 4.42 Å². The minimum atomic E-state index is 0.583. The van der Waals surface area contributed by atoms with E-state index in [2.05, 4.69) is 27.3 Å². The van der Waals surface area contributed by atoms with Crippen LogP contribution in [0.5, 0.6) is 0 Å². The highest BCUT2D eigenvalue weighted by atomic mass is 16.4. The van der Waals surface area contributed by atoms with Gasteiger partial charge in [0.15, 0.2) is 0 Å². The van der Waals surface area contributed by atoms with Crippen molar-refractivity contribution in [1.29, 1.82) is 0 Å². The Bertz CT molecular complexity index is 333. The van der Waals surface area contributed by atoms with E-state index in [1.807, 2.05) is 6.92 Å². The Balaban J connectivity index is 1.67. The monoisotopic (exact) mass is 238 g/mol. The number of piperidine rings is 1. The molecular weight excluding hydrogens is 216 g/mol. The molecule has 1 aliphatic heterocycles. The van der Waals surface area contributed by atoms with Gasteiger partial charge >= 0.3 is 0 Å². The van der Waals surface area contributed by atoms with Gasteiger partial charge in [-0.15, -0.1) is 10.2 Å². The number of hydrogen-bond acceptors (Lipinski definition) is 5. The minimum absolute atomic E-state index is 0.583. The molecule has 1 unspecified atom stereocenters.